The molecule has 0 atom stereocenters. The first-order chi connectivity index (χ1) is 12.2. The fourth-order valence-electron chi connectivity index (χ4n) is 3.19. The quantitative estimate of drug-likeness (QED) is 0.749. The first-order valence-electron chi connectivity index (χ1n) is 8.90. The maximum atomic E-state index is 9.25. The predicted octanol–water partition coefficient (Wildman–Crippen LogP) is 2.42. The molecule has 6 heteroatoms. The first kappa shape index (κ1) is 17.6. The molecule has 2 aromatic rings. The van der Waals surface area contributed by atoms with Gasteiger partial charge in [-0.25, -0.2) is 9.97 Å². The van der Waals surface area contributed by atoms with Crippen LogP contribution in [0.1, 0.15) is 29.9 Å². The van der Waals surface area contributed by atoms with E-state index >= 15 is 0 Å². The standard InChI is InChI=1S/C19H27N5O/c1-14-3-8-21-17(11-14)22-18-12-16(15-4-6-20-7-5-15)13-19(23-18)24(2)9-10-25/h3,8,11-13,15,20,25H,4-7,9-10H2,1-2H3,(H,21,22,23). The van der Waals surface area contributed by atoms with Crippen LogP contribution in [-0.4, -0.2) is 48.4 Å². The maximum absolute atomic E-state index is 9.25. The summed E-state index contributed by atoms with van der Waals surface area (Å²) in [5.74, 6) is 3.01. The van der Waals surface area contributed by atoms with Crippen LogP contribution in [0.25, 0.3) is 0 Å². The minimum absolute atomic E-state index is 0.109. The normalized spacial score (nSPS) is 15.2. The number of piperidine rings is 1. The minimum Gasteiger partial charge on any atom is -0.395 e. The van der Waals surface area contributed by atoms with Crippen molar-refractivity contribution in [2.24, 2.45) is 0 Å². The number of aliphatic hydroxyl groups is 1. The van der Waals surface area contributed by atoms with E-state index < -0.39 is 0 Å². The van der Waals surface area contributed by atoms with Crippen molar-refractivity contribution in [2.75, 3.05) is 43.5 Å². The van der Waals surface area contributed by atoms with Crippen LogP contribution in [0.5, 0.6) is 0 Å². The molecule has 0 saturated carbocycles. The fraction of sp³-hybridized carbons (Fsp3) is 0.474. The number of hydrogen-bond donors (Lipinski definition) is 3. The molecule has 0 unspecified atom stereocenters. The van der Waals surface area contributed by atoms with Crippen molar-refractivity contribution < 1.29 is 5.11 Å². The highest BCUT2D eigenvalue weighted by Gasteiger charge is 2.18. The Morgan fingerprint density at radius 3 is 2.76 bits per heavy atom. The zero-order valence-electron chi connectivity index (χ0n) is 15.0. The van der Waals surface area contributed by atoms with Gasteiger partial charge in [-0.1, -0.05) is 0 Å². The molecule has 1 saturated heterocycles. The molecule has 0 aliphatic carbocycles. The van der Waals surface area contributed by atoms with Crippen molar-refractivity contribution in [1.29, 1.82) is 0 Å². The zero-order valence-corrected chi connectivity index (χ0v) is 15.0. The second kappa shape index (κ2) is 8.27. The molecule has 2 aromatic heterocycles. The molecule has 3 rings (SSSR count). The highest BCUT2D eigenvalue weighted by molar-refractivity contribution is 5.58. The molecule has 3 heterocycles. The van der Waals surface area contributed by atoms with Crippen LogP contribution < -0.4 is 15.5 Å². The van der Waals surface area contributed by atoms with Crippen molar-refractivity contribution in [2.45, 2.75) is 25.7 Å². The topological polar surface area (TPSA) is 73.3 Å². The number of aromatic nitrogens is 2. The highest BCUT2D eigenvalue weighted by Crippen LogP contribution is 2.30. The average Bonchev–Trinajstić information content (AvgIpc) is 2.62. The van der Waals surface area contributed by atoms with Crippen molar-refractivity contribution in [3.05, 3.63) is 41.6 Å². The molecule has 1 fully saturated rings. The molecule has 0 bridgehead atoms. The second-order valence-electron chi connectivity index (χ2n) is 6.66. The summed E-state index contributed by atoms with van der Waals surface area (Å²) in [5.41, 5.74) is 2.45. The summed E-state index contributed by atoms with van der Waals surface area (Å²) in [4.78, 5) is 11.1. The first-order valence-corrected chi connectivity index (χ1v) is 8.90. The number of nitrogens with one attached hydrogen (secondary N) is 2. The van der Waals surface area contributed by atoms with Crippen LogP contribution in [-0.2, 0) is 0 Å². The van der Waals surface area contributed by atoms with Gasteiger partial charge in [0.05, 0.1) is 6.61 Å². The molecule has 25 heavy (non-hydrogen) atoms. The van der Waals surface area contributed by atoms with Gasteiger partial charge < -0.3 is 20.6 Å². The minimum atomic E-state index is 0.109. The molecular weight excluding hydrogens is 314 g/mol. The Balaban J connectivity index is 1.90. The van der Waals surface area contributed by atoms with E-state index in [1.807, 2.05) is 31.0 Å². The Morgan fingerprint density at radius 2 is 2.04 bits per heavy atom. The summed E-state index contributed by atoms with van der Waals surface area (Å²) in [6.45, 7) is 4.82. The van der Waals surface area contributed by atoms with Gasteiger partial charge in [-0.05, 0) is 74.2 Å². The SMILES string of the molecule is Cc1ccnc(Nc2cc(C3CCNCC3)cc(N(C)CCO)n2)c1. The van der Waals surface area contributed by atoms with Gasteiger partial charge in [-0.3, -0.25) is 0 Å². The van der Waals surface area contributed by atoms with E-state index in [0.717, 1.165) is 48.9 Å². The lowest BCUT2D eigenvalue weighted by Crippen LogP contribution is -2.27. The summed E-state index contributed by atoms with van der Waals surface area (Å²) in [6.07, 6.45) is 4.07. The number of aliphatic hydroxyl groups excluding tert-OH is 1. The van der Waals surface area contributed by atoms with Crippen LogP contribution in [0.15, 0.2) is 30.5 Å². The van der Waals surface area contributed by atoms with Crippen LogP contribution >= 0.6 is 0 Å². The van der Waals surface area contributed by atoms with Gasteiger partial charge >= 0.3 is 0 Å². The third-order valence-corrected chi connectivity index (χ3v) is 4.64. The van der Waals surface area contributed by atoms with Gasteiger partial charge in [0, 0.05) is 19.8 Å². The van der Waals surface area contributed by atoms with Crippen molar-refractivity contribution in [1.82, 2.24) is 15.3 Å². The molecule has 3 N–H and O–H groups in total. The van der Waals surface area contributed by atoms with E-state index in [2.05, 4.69) is 27.8 Å². The average molecular weight is 341 g/mol. The number of anilines is 3. The molecular formula is C19H27N5O. The van der Waals surface area contributed by atoms with E-state index in [0.29, 0.717) is 12.5 Å². The van der Waals surface area contributed by atoms with Crippen LogP contribution in [0.4, 0.5) is 17.5 Å². The van der Waals surface area contributed by atoms with E-state index in [4.69, 9.17) is 4.98 Å². The Kier molecular flexibility index (Phi) is 5.83. The van der Waals surface area contributed by atoms with Crippen LogP contribution in [0.2, 0.25) is 0 Å². The van der Waals surface area contributed by atoms with Crippen LogP contribution in [0.3, 0.4) is 0 Å². The molecule has 0 radical (unpaired) electrons. The summed E-state index contributed by atoms with van der Waals surface area (Å²) in [5, 5.41) is 16.0. The number of aryl methyl sites for hydroxylation is 1. The lowest BCUT2D eigenvalue weighted by atomic mass is 9.90. The van der Waals surface area contributed by atoms with Gasteiger partial charge in [-0.15, -0.1) is 0 Å². The summed E-state index contributed by atoms with van der Waals surface area (Å²) in [7, 11) is 1.96. The van der Waals surface area contributed by atoms with Crippen molar-refractivity contribution in [3.8, 4) is 0 Å². The largest absolute Gasteiger partial charge is 0.395 e. The fourth-order valence-corrected chi connectivity index (χ4v) is 3.19. The lowest BCUT2D eigenvalue weighted by molar-refractivity contribution is 0.304. The van der Waals surface area contributed by atoms with Gasteiger partial charge in [0.1, 0.15) is 17.5 Å². The van der Waals surface area contributed by atoms with E-state index in [9.17, 15) is 5.11 Å². The van der Waals surface area contributed by atoms with Crippen molar-refractivity contribution in [3.63, 3.8) is 0 Å². The summed E-state index contributed by atoms with van der Waals surface area (Å²) in [6, 6.07) is 8.28. The Morgan fingerprint density at radius 1 is 1.24 bits per heavy atom. The number of nitrogens with zero attached hydrogens (tertiary/aromatic N) is 3. The number of likely N-dealkylation sites (N-methyl/N-ethyl adjacent to an activating group) is 1. The van der Waals surface area contributed by atoms with Gasteiger partial charge in [0.25, 0.3) is 0 Å². The molecule has 134 valence electrons. The monoisotopic (exact) mass is 341 g/mol. The van der Waals surface area contributed by atoms with E-state index in [-0.39, 0.29) is 6.61 Å². The molecule has 0 amide bonds. The van der Waals surface area contributed by atoms with E-state index in [1.165, 1.54) is 5.56 Å². The third-order valence-electron chi connectivity index (χ3n) is 4.64. The van der Waals surface area contributed by atoms with Gasteiger partial charge in [-0.2, -0.15) is 0 Å². The highest BCUT2D eigenvalue weighted by atomic mass is 16.3. The van der Waals surface area contributed by atoms with Gasteiger partial charge in [0.2, 0.25) is 0 Å². The zero-order chi connectivity index (χ0) is 17.6. The Labute approximate surface area is 149 Å². The number of hydrogen-bond acceptors (Lipinski definition) is 6. The number of pyridine rings is 2. The third kappa shape index (κ3) is 4.67. The molecule has 1 aliphatic rings. The lowest BCUT2D eigenvalue weighted by Gasteiger charge is -2.25. The predicted molar refractivity (Wildman–Crippen MR) is 102 cm³/mol. The van der Waals surface area contributed by atoms with Gasteiger partial charge in [0.15, 0.2) is 0 Å². The van der Waals surface area contributed by atoms with Crippen LogP contribution in [0, 0.1) is 6.92 Å². The second-order valence-corrected chi connectivity index (χ2v) is 6.66. The molecule has 0 spiro atoms. The van der Waals surface area contributed by atoms with Crippen molar-refractivity contribution >= 4 is 17.5 Å². The number of rotatable bonds is 6. The Bertz CT molecular complexity index is 700. The molecule has 1 aliphatic heterocycles. The van der Waals surface area contributed by atoms with E-state index in [1.54, 1.807) is 6.20 Å². The summed E-state index contributed by atoms with van der Waals surface area (Å²) >= 11 is 0. The Hall–Kier alpha value is -2.18. The maximum Gasteiger partial charge on any atom is 0.134 e. The molecule has 6 nitrogen and oxygen atoms in total. The summed E-state index contributed by atoms with van der Waals surface area (Å²) < 4.78 is 0. The smallest absolute Gasteiger partial charge is 0.134 e. The molecule has 0 aromatic carbocycles.